The highest BCUT2D eigenvalue weighted by Crippen LogP contribution is 2.32. The number of pyridine rings is 1. The van der Waals surface area contributed by atoms with E-state index in [1.165, 1.54) is 23.5 Å². The molecule has 24 heavy (non-hydrogen) atoms. The molecule has 4 nitrogen and oxygen atoms in total. The first-order valence-corrected chi connectivity index (χ1v) is 8.47. The Labute approximate surface area is 143 Å². The number of aromatic nitrogens is 2. The molecule has 122 valence electrons. The van der Waals surface area contributed by atoms with Crippen LogP contribution >= 0.6 is 11.3 Å². The van der Waals surface area contributed by atoms with E-state index in [9.17, 15) is 9.18 Å². The highest BCUT2D eigenvalue weighted by Gasteiger charge is 2.15. The Morgan fingerprint density at radius 3 is 2.67 bits per heavy atom. The summed E-state index contributed by atoms with van der Waals surface area (Å²) in [6.07, 6.45) is 3.39. The van der Waals surface area contributed by atoms with Gasteiger partial charge in [0.05, 0.1) is 5.69 Å². The first-order chi connectivity index (χ1) is 11.7. The minimum atomic E-state index is -0.293. The summed E-state index contributed by atoms with van der Waals surface area (Å²) >= 11 is 1.44. The van der Waals surface area contributed by atoms with Crippen molar-refractivity contribution < 1.29 is 9.18 Å². The monoisotopic (exact) mass is 341 g/mol. The summed E-state index contributed by atoms with van der Waals surface area (Å²) in [4.78, 5) is 21.8. The highest BCUT2D eigenvalue weighted by molar-refractivity contribution is 7.16. The molecule has 3 rings (SSSR count). The molecule has 0 aliphatic rings. The van der Waals surface area contributed by atoms with Gasteiger partial charge in [-0.2, -0.15) is 0 Å². The van der Waals surface area contributed by atoms with Crippen molar-refractivity contribution in [3.63, 3.8) is 0 Å². The van der Waals surface area contributed by atoms with Crippen LogP contribution in [0, 0.1) is 5.82 Å². The molecule has 0 aliphatic heterocycles. The molecule has 0 unspecified atom stereocenters. The largest absolute Gasteiger partial charge is 0.296 e. The van der Waals surface area contributed by atoms with Gasteiger partial charge in [-0.25, -0.2) is 9.37 Å². The second-order valence-electron chi connectivity index (χ2n) is 5.22. The van der Waals surface area contributed by atoms with Gasteiger partial charge in [-0.05, 0) is 42.8 Å². The van der Waals surface area contributed by atoms with E-state index in [0.717, 1.165) is 29.0 Å². The Hall–Kier alpha value is -2.60. The molecule has 2 heterocycles. The quantitative estimate of drug-likeness (QED) is 0.741. The third kappa shape index (κ3) is 3.65. The lowest BCUT2D eigenvalue weighted by Gasteiger charge is -2.01. The molecule has 2 aromatic heterocycles. The zero-order valence-electron chi connectivity index (χ0n) is 13.1. The molecule has 1 N–H and O–H groups in total. The van der Waals surface area contributed by atoms with Gasteiger partial charge in [0.1, 0.15) is 11.5 Å². The van der Waals surface area contributed by atoms with Crippen molar-refractivity contribution in [2.75, 3.05) is 5.32 Å². The second kappa shape index (κ2) is 7.31. The molecular weight excluding hydrogens is 325 g/mol. The number of aryl methyl sites for hydroxylation is 1. The second-order valence-corrected chi connectivity index (χ2v) is 6.30. The van der Waals surface area contributed by atoms with Gasteiger partial charge in [0.15, 0.2) is 5.13 Å². The van der Waals surface area contributed by atoms with E-state index in [-0.39, 0.29) is 11.7 Å². The van der Waals surface area contributed by atoms with E-state index in [0.29, 0.717) is 10.8 Å². The summed E-state index contributed by atoms with van der Waals surface area (Å²) in [6, 6.07) is 11.4. The van der Waals surface area contributed by atoms with Gasteiger partial charge in [-0.15, -0.1) is 11.3 Å². The molecule has 3 aromatic rings. The summed E-state index contributed by atoms with van der Waals surface area (Å²) in [5.74, 6) is -0.576. The summed E-state index contributed by atoms with van der Waals surface area (Å²) in [5.41, 5.74) is 1.97. The number of nitrogens with zero attached hydrogens (tertiary/aromatic N) is 2. The molecule has 0 aliphatic carbocycles. The van der Waals surface area contributed by atoms with Crippen LogP contribution in [0.1, 0.15) is 28.7 Å². The van der Waals surface area contributed by atoms with Crippen molar-refractivity contribution >= 4 is 22.4 Å². The fourth-order valence-electron chi connectivity index (χ4n) is 2.29. The average Bonchev–Trinajstić information content (AvgIpc) is 2.99. The Kier molecular flexibility index (Phi) is 4.96. The standard InChI is InChI=1S/C18H16FN3OS/c1-2-5-15-16(12-7-9-13(19)10-8-12)21-18(24-15)22-17(23)14-6-3-4-11-20-14/h3-4,6-11H,2,5H2,1H3,(H,21,22,23). The Bertz CT molecular complexity index is 831. The van der Waals surface area contributed by atoms with Crippen molar-refractivity contribution in [1.82, 2.24) is 9.97 Å². The summed E-state index contributed by atoms with van der Waals surface area (Å²) in [6.45, 7) is 2.08. The van der Waals surface area contributed by atoms with Crippen molar-refractivity contribution in [2.45, 2.75) is 19.8 Å². The first-order valence-electron chi connectivity index (χ1n) is 7.65. The molecular formula is C18H16FN3OS. The van der Waals surface area contributed by atoms with Crippen LogP contribution in [0.4, 0.5) is 9.52 Å². The Balaban J connectivity index is 1.88. The third-order valence-corrected chi connectivity index (χ3v) is 4.44. The van der Waals surface area contributed by atoms with Crippen molar-refractivity contribution in [3.8, 4) is 11.3 Å². The summed E-state index contributed by atoms with van der Waals surface area (Å²) in [5, 5.41) is 3.31. The van der Waals surface area contributed by atoms with Crippen LogP contribution in [0.25, 0.3) is 11.3 Å². The van der Waals surface area contributed by atoms with E-state index < -0.39 is 0 Å². The predicted molar refractivity (Wildman–Crippen MR) is 93.7 cm³/mol. The maximum Gasteiger partial charge on any atom is 0.276 e. The van der Waals surface area contributed by atoms with Crippen LogP contribution in [0.3, 0.4) is 0 Å². The molecule has 0 saturated carbocycles. The maximum absolute atomic E-state index is 13.1. The van der Waals surface area contributed by atoms with Gasteiger partial charge in [0, 0.05) is 16.6 Å². The van der Waals surface area contributed by atoms with E-state index >= 15 is 0 Å². The molecule has 0 bridgehead atoms. The van der Waals surface area contributed by atoms with Crippen LogP contribution in [0.5, 0.6) is 0 Å². The smallest absolute Gasteiger partial charge is 0.276 e. The molecule has 1 aromatic carbocycles. The summed E-state index contributed by atoms with van der Waals surface area (Å²) < 4.78 is 13.1. The molecule has 0 saturated heterocycles. The topological polar surface area (TPSA) is 54.9 Å². The van der Waals surface area contributed by atoms with Gasteiger partial charge in [0.2, 0.25) is 0 Å². The molecule has 0 spiro atoms. The number of carbonyl (C=O) groups is 1. The molecule has 0 atom stereocenters. The molecule has 0 radical (unpaired) electrons. The maximum atomic E-state index is 13.1. The minimum absolute atomic E-state index is 0.283. The van der Waals surface area contributed by atoms with Gasteiger partial charge < -0.3 is 0 Å². The van der Waals surface area contributed by atoms with E-state index in [1.54, 1.807) is 36.5 Å². The number of rotatable bonds is 5. The zero-order chi connectivity index (χ0) is 16.9. The average molecular weight is 341 g/mol. The van der Waals surface area contributed by atoms with Gasteiger partial charge >= 0.3 is 0 Å². The number of halogens is 1. The zero-order valence-corrected chi connectivity index (χ0v) is 13.9. The number of nitrogens with one attached hydrogen (secondary N) is 1. The number of amides is 1. The van der Waals surface area contributed by atoms with Crippen molar-refractivity contribution in [3.05, 3.63) is 65.0 Å². The van der Waals surface area contributed by atoms with Crippen LogP contribution in [0.15, 0.2) is 48.7 Å². The lowest BCUT2D eigenvalue weighted by Crippen LogP contribution is -2.13. The highest BCUT2D eigenvalue weighted by atomic mass is 32.1. The number of hydrogen-bond donors (Lipinski definition) is 1. The number of benzene rings is 1. The van der Waals surface area contributed by atoms with E-state index in [4.69, 9.17) is 0 Å². The molecule has 1 amide bonds. The molecule has 6 heteroatoms. The van der Waals surface area contributed by atoms with Gasteiger partial charge in [-0.1, -0.05) is 19.4 Å². The first kappa shape index (κ1) is 16.3. The van der Waals surface area contributed by atoms with Crippen molar-refractivity contribution in [2.24, 2.45) is 0 Å². The lowest BCUT2D eigenvalue weighted by molar-refractivity contribution is 0.102. The number of thiazole rings is 1. The van der Waals surface area contributed by atoms with E-state index in [2.05, 4.69) is 22.2 Å². The third-order valence-electron chi connectivity index (χ3n) is 3.41. The van der Waals surface area contributed by atoms with Crippen LogP contribution in [-0.2, 0) is 6.42 Å². The number of anilines is 1. The number of hydrogen-bond acceptors (Lipinski definition) is 4. The van der Waals surface area contributed by atoms with E-state index in [1.807, 2.05) is 0 Å². The van der Waals surface area contributed by atoms with Crippen molar-refractivity contribution in [1.29, 1.82) is 0 Å². The lowest BCUT2D eigenvalue weighted by atomic mass is 10.1. The normalized spacial score (nSPS) is 10.6. The molecule has 0 fully saturated rings. The number of carbonyl (C=O) groups excluding carboxylic acids is 1. The van der Waals surface area contributed by atoms with Gasteiger partial charge in [-0.3, -0.25) is 15.1 Å². The van der Waals surface area contributed by atoms with Crippen LogP contribution in [0.2, 0.25) is 0 Å². The Morgan fingerprint density at radius 1 is 1.21 bits per heavy atom. The van der Waals surface area contributed by atoms with Crippen LogP contribution in [-0.4, -0.2) is 15.9 Å². The van der Waals surface area contributed by atoms with Gasteiger partial charge in [0.25, 0.3) is 5.91 Å². The minimum Gasteiger partial charge on any atom is -0.296 e. The summed E-state index contributed by atoms with van der Waals surface area (Å²) in [7, 11) is 0. The fraction of sp³-hybridized carbons (Fsp3) is 0.167. The fourth-order valence-corrected chi connectivity index (χ4v) is 3.37. The predicted octanol–water partition coefficient (Wildman–Crippen LogP) is 4.55. The Morgan fingerprint density at radius 2 is 2.00 bits per heavy atom. The SMILES string of the molecule is CCCc1sc(NC(=O)c2ccccn2)nc1-c1ccc(F)cc1. The van der Waals surface area contributed by atoms with Crippen LogP contribution < -0.4 is 5.32 Å².